The lowest BCUT2D eigenvalue weighted by molar-refractivity contribution is -0.126. The van der Waals surface area contributed by atoms with E-state index in [2.05, 4.69) is 25.6 Å². The van der Waals surface area contributed by atoms with E-state index in [1.54, 1.807) is 0 Å². The lowest BCUT2D eigenvalue weighted by Gasteiger charge is -2.32. The predicted octanol–water partition coefficient (Wildman–Crippen LogP) is 1.04. The number of carbonyl (C=O) groups is 2. The molecule has 0 aromatic carbocycles. The molecule has 0 spiro atoms. The van der Waals surface area contributed by atoms with Crippen LogP contribution in [-0.4, -0.2) is 75.8 Å². The van der Waals surface area contributed by atoms with Gasteiger partial charge in [-0.15, -0.1) is 0 Å². The van der Waals surface area contributed by atoms with Gasteiger partial charge in [0.15, 0.2) is 5.69 Å². The Labute approximate surface area is 154 Å². The van der Waals surface area contributed by atoms with E-state index >= 15 is 0 Å². The largest absolute Gasteiger partial charge is 0.354 e. The molecule has 0 saturated carbocycles. The zero-order valence-electron chi connectivity index (χ0n) is 15.6. The van der Waals surface area contributed by atoms with Gasteiger partial charge < -0.3 is 10.2 Å². The van der Waals surface area contributed by atoms with E-state index in [9.17, 15) is 9.59 Å². The van der Waals surface area contributed by atoms with Crippen molar-refractivity contribution in [2.24, 2.45) is 5.92 Å². The van der Waals surface area contributed by atoms with Crippen molar-refractivity contribution in [3.05, 3.63) is 11.9 Å². The Morgan fingerprint density at radius 2 is 1.88 bits per heavy atom. The summed E-state index contributed by atoms with van der Waals surface area (Å²) in [5, 5.41) is 13.1. The van der Waals surface area contributed by atoms with E-state index in [0.29, 0.717) is 31.2 Å². The van der Waals surface area contributed by atoms with E-state index in [1.165, 1.54) is 31.9 Å². The number of carbonyl (C=O) groups excluding carboxylic acids is 2. The third-order valence-corrected chi connectivity index (χ3v) is 5.67. The third kappa shape index (κ3) is 4.81. The Balaban J connectivity index is 1.39. The molecule has 1 atom stereocenters. The van der Waals surface area contributed by atoms with Crippen LogP contribution in [0.5, 0.6) is 0 Å². The topological polar surface area (TPSA) is 94.2 Å². The van der Waals surface area contributed by atoms with Crippen molar-refractivity contribution in [2.45, 2.75) is 51.5 Å². The number of hydrogen-bond donors (Lipinski definition) is 2. The number of nitrogens with zero attached hydrogens (tertiary/aromatic N) is 4. The van der Waals surface area contributed by atoms with Crippen LogP contribution < -0.4 is 5.32 Å². The lowest BCUT2D eigenvalue weighted by atomic mass is 9.96. The molecule has 3 rings (SSSR count). The monoisotopic (exact) mass is 362 g/mol. The Hall–Kier alpha value is -1.96. The summed E-state index contributed by atoms with van der Waals surface area (Å²) in [7, 11) is 0. The maximum absolute atomic E-state index is 12.5. The molecule has 144 valence electrons. The van der Waals surface area contributed by atoms with Crippen LogP contribution in [-0.2, 0) is 4.79 Å². The van der Waals surface area contributed by atoms with E-state index in [-0.39, 0.29) is 17.9 Å². The Bertz CT molecular complexity index is 575. The van der Waals surface area contributed by atoms with Crippen LogP contribution in [0, 0.1) is 5.92 Å². The van der Waals surface area contributed by atoms with Crippen molar-refractivity contribution in [3.63, 3.8) is 0 Å². The molecule has 2 fully saturated rings. The lowest BCUT2D eigenvalue weighted by Crippen LogP contribution is -2.47. The van der Waals surface area contributed by atoms with Crippen molar-refractivity contribution < 1.29 is 9.59 Å². The van der Waals surface area contributed by atoms with Crippen LogP contribution in [0.15, 0.2) is 6.20 Å². The fraction of sp³-hybridized carbons (Fsp3) is 0.778. The smallest absolute Gasteiger partial charge is 0.276 e. The highest BCUT2D eigenvalue weighted by Gasteiger charge is 2.26. The van der Waals surface area contributed by atoms with Gasteiger partial charge in [-0.1, -0.05) is 12.8 Å². The van der Waals surface area contributed by atoms with E-state index in [1.807, 2.05) is 11.8 Å². The molecule has 2 amide bonds. The Morgan fingerprint density at radius 1 is 1.19 bits per heavy atom. The van der Waals surface area contributed by atoms with Crippen molar-refractivity contribution >= 4 is 11.8 Å². The number of amides is 2. The number of aromatic amines is 1. The number of piperidine rings is 1. The number of aromatic nitrogens is 3. The van der Waals surface area contributed by atoms with Gasteiger partial charge in [-0.25, -0.2) is 0 Å². The minimum Gasteiger partial charge on any atom is -0.354 e. The molecule has 2 saturated heterocycles. The average Bonchev–Trinajstić information content (AvgIpc) is 3.08. The molecular weight excluding hydrogens is 332 g/mol. The van der Waals surface area contributed by atoms with Gasteiger partial charge in [0.1, 0.15) is 0 Å². The van der Waals surface area contributed by atoms with Gasteiger partial charge in [-0.3, -0.25) is 14.5 Å². The minimum absolute atomic E-state index is 0.0538. The first-order valence-electron chi connectivity index (χ1n) is 9.82. The second-order valence-corrected chi connectivity index (χ2v) is 7.46. The van der Waals surface area contributed by atoms with Gasteiger partial charge >= 0.3 is 0 Å². The maximum Gasteiger partial charge on any atom is 0.276 e. The molecule has 8 heteroatoms. The predicted molar refractivity (Wildman–Crippen MR) is 97.5 cm³/mol. The van der Waals surface area contributed by atoms with E-state index < -0.39 is 0 Å². The van der Waals surface area contributed by atoms with Crippen LogP contribution in [0.4, 0.5) is 0 Å². The number of nitrogens with one attached hydrogen (secondary N) is 2. The first-order chi connectivity index (χ1) is 12.6. The number of hydrogen-bond acceptors (Lipinski definition) is 5. The summed E-state index contributed by atoms with van der Waals surface area (Å²) in [6.45, 7) is 6.17. The van der Waals surface area contributed by atoms with Crippen molar-refractivity contribution in [1.82, 2.24) is 30.5 Å². The molecule has 1 aromatic heterocycles. The molecule has 0 radical (unpaired) electrons. The first kappa shape index (κ1) is 18.8. The molecule has 2 N–H and O–H groups in total. The summed E-state index contributed by atoms with van der Waals surface area (Å²) in [6.07, 6.45) is 8.20. The van der Waals surface area contributed by atoms with E-state index in [0.717, 1.165) is 25.9 Å². The highest BCUT2D eigenvalue weighted by molar-refractivity contribution is 5.91. The molecular formula is C18H30N6O2. The SMILES string of the molecule is CC(C(=O)NCC1CCN(C(=O)c2cn[nH]n2)CC1)N1CCCCCC1. The number of H-pyrrole nitrogens is 1. The molecule has 8 nitrogen and oxygen atoms in total. The molecule has 2 aliphatic rings. The molecule has 0 bridgehead atoms. The highest BCUT2D eigenvalue weighted by atomic mass is 16.2. The van der Waals surface area contributed by atoms with Crippen molar-refractivity contribution in [1.29, 1.82) is 0 Å². The molecule has 3 heterocycles. The Kier molecular flexibility index (Phi) is 6.60. The average molecular weight is 362 g/mol. The van der Waals surface area contributed by atoms with Gasteiger partial charge in [0, 0.05) is 19.6 Å². The summed E-state index contributed by atoms with van der Waals surface area (Å²) in [4.78, 5) is 28.9. The summed E-state index contributed by atoms with van der Waals surface area (Å²) in [6, 6.07) is -0.0538. The summed E-state index contributed by atoms with van der Waals surface area (Å²) >= 11 is 0. The standard InChI is InChI=1S/C18H30N6O2/c1-14(23-8-4-2-3-5-9-23)17(25)19-12-15-6-10-24(11-7-15)18(26)16-13-20-22-21-16/h13-15H,2-12H2,1H3,(H,19,25)(H,20,21,22). The molecule has 26 heavy (non-hydrogen) atoms. The minimum atomic E-state index is -0.0731. The highest BCUT2D eigenvalue weighted by Crippen LogP contribution is 2.18. The second-order valence-electron chi connectivity index (χ2n) is 7.46. The van der Waals surface area contributed by atoms with Gasteiger partial charge in [-0.05, 0) is 51.6 Å². The van der Waals surface area contributed by atoms with Gasteiger partial charge in [0.2, 0.25) is 5.91 Å². The zero-order chi connectivity index (χ0) is 18.4. The van der Waals surface area contributed by atoms with Crippen LogP contribution in [0.2, 0.25) is 0 Å². The van der Waals surface area contributed by atoms with E-state index in [4.69, 9.17) is 0 Å². The first-order valence-corrected chi connectivity index (χ1v) is 9.82. The molecule has 0 aliphatic carbocycles. The van der Waals surface area contributed by atoms with Crippen molar-refractivity contribution in [3.8, 4) is 0 Å². The molecule has 1 unspecified atom stereocenters. The van der Waals surface area contributed by atoms with Crippen LogP contribution >= 0.6 is 0 Å². The number of rotatable bonds is 5. The van der Waals surface area contributed by atoms with Gasteiger partial charge in [0.05, 0.1) is 12.2 Å². The third-order valence-electron chi connectivity index (χ3n) is 5.67. The van der Waals surface area contributed by atoms with Gasteiger partial charge in [0.25, 0.3) is 5.91 Å². The fourth-order valence-corrected chi connectivity index (χ4v) is 3.85. The summed E-state index contributed by atoms with van der Waals surface area (Å²) in [5.41, 5.74) is 0.364. The van der Waals surface area contributed by atoms with Gasteiger partial charge in [-0.2, -0.15) is 15.4 Å². The maximum atomic E-state index is 12.5. The zero-order valence-corrected chi connectivity index (χ0v) is 15.6. The molecule has 1 aromatic rings. The quantitative estimate of drug-likeness (QED) is 0.816. The second kappa shape index (κ2) is 9.12. The van der Waals surface area contributed by atoms with Crippen molar-refractivity contribution in [2.75, 3.05) is 32.7 Å². The Morgan fingerprint density at radius 3 is 2.50 bits per heavy atom. The van der Waals surface area contributed by atoms with Crippen LogP contribution in [0.1, 0.15) is 55.9 Å². The summed E-state index contributed by atoms with van der Waals surface area (Å²) in [5.74, 6) is 0.487. The van der Waals surface area contributed by atoms with Crippen LogP contribution in [0.3, 0.4) is 0 Å². The molecule has 2 aliphatic heterocycles. The number of likely N-dealkylation sites (tertiary alicyclic amines) is 2. The van der Waals surface area contributed by atoms with Crippen LogP contribution in [0.25, 0.3) is 0 Å². The normalized spacial score (nSPS) is 21.2. The summed E-state index contributed by atoms with van der Waals surface area (Å²) < 4.78 is 0. The fourth-order valence-electron chi connectivity index (χ4n) is 3.85.